The van der Waals surface area contributed by atoms with E-state index in [2.05, 4.69) is 0 Å². The lowest BCUT2D eigenvalue weighted by atomic mass is 10.2. The Labute approximate surface area is 106 Å². The summed E-state index contributed by atoms with van der Waals surface area (Å²) in [5.41, 5.74) is 0.375. The van der Waals surface area contributed by atoms with Crippen molar-refractivity contribution >= 4 is 5.91 Å². The number of carbonyl (C=O) groups excluding carboxylic acids is 1. The zero-order valence-corrected chi connectivity index (χ0v) is 10.3. The van der Waals surface area contributed by atoms with Gasteiger partial charge in [0.2, 0.25) is 0 Å². The Kier molecular flexibility index (Phi) is 4.71. The van der Waals surface area contributed by atoms with Crippen molar-refractivity contribution in [2.24, 2.45) is 0 Å². The number of para-hydroxylation sites is 1. The van der Waals surface area contributed by atoms with Crippen molar-refractivity contribution in [2.45, 2.75) is 13.0 Å². The van der Waals surface area contributed by atoms with Gasteiger partial charge in [0.05, 0.1) is 11.6 Å². The molecule has 0 spiro atoms. The van der Waals surface area contributed by atoms with E-state index >= 15 is 0 Å². The number of benzene rings is 1. The predicted octanol–water partition coefficient (Wildman–Crippen LogP) is 1.31. The number of amides is 1. The molecule has 0 heterocycles. The Morgan fingerprint density at radius 3 is 2.72 bits per heavy atom. The molecule has 1 aromatic carbocycles. The van der Waals surface area contributed by atoms with Crippen molar-refractivity contribution in [3.8, 4) is 17.9 Å². The maximum atomic E-state index is 11.8. The van der Waals surface area contributed by atoms with Crippen molar-refractivity contribution in [1.29, 1.82) is 10.5 Å². The molecular formula is C13H13N3O2. The summed E-state index contributed by atoms with van der Waals surface area (Å²) in [6.07, 6.45) is -0.738. The Bertz CT molecular complexity index is 514. The van der Waals surface area contributed by atoms with Crippen LogP contribution in [-0.2, 0) is 4.79 Å². The summed E-state index contributed by atoms with van der Waals surface area (Å²) in [6.45, 7) is 1.59. The van der Waals surface area contributed by atoms with Gasteiger partial charge in [0.15, 0.2) is 6.10 Å². The first-order chi connectivity index (χ1) is 8.60. The lowest BCUT2D eigenvalue weighted by molar-refractivity contribution is -0.136. The van der Waals surface area contributed by atoms with Crippen molar-refractivity contribution in [2.75, 3.05) is 13.6 Å². The van der Waals surface area contributed by atoms with E-state index in [4.69, 9.17) is 15.3 Å². The van der Waals surface area contributed by atoms with Gasteiger partial charge in [-0.15, -0.1) is 0 Å². The fourth-order valence-corrected chi connectivity index (χ4v) is 1.40. The van der Waals surface area contributed by atoms with Gasteiger partial charge < -0.3 is 9.64 Å². The zero-order valence-electron chi connectivity index (χ0n) is 10.3. The van der Waals surface area contributed by atoms with Crippen molar-refractivity contribution < 1.29 is 9.53 Å². The van der Waals surface area contributed by atoms with Crippen LogP contribution in [0.4, 0.5) is 0 Å². The molecule has 0 aromatic heterocycles. The molecule has 0 fully saturated rings. The molecular weight excluding hydrogens is 230 g/mol. The Morgan fingerprint density at radius 2 is 2.11 bits per heavy atom. The minimum atomic E-state index is -0.738. The van der Waals surface area contributed by atoms with E-state index in [9.17, 15) is 4.79 Å². The summed E-state index contributed by atoms with van der Waals surface area (Å²) < 4.78 is 5.44. The molecule has 0 aliphatic rings. The standard InChI is InChI=1S/C13H13N3O2/c1-10(13(17)16(2)8-7-14)18-12-6-4-3-5-11(12)9-15/h3-6,10H,8H2,1-2H3. The monoisotopic (exact) mass is 243 g/mol. The number of hydrogen-bond donors (Lipinski definition) is 0. The van der Waals surface area contributed by atoms with E-state index in [0.29, 0.717) is 11.3 Å². The molecule has 0 aliphatic carbocycles. The zero-order chi connectivity index (χ0) is 13.5. The first kappa shape index (κ1) is 13.5. The number of hydrogen-bond acceptors (Lipinski definition) is 4. The van der Waals surface area contributed by atoms with Gasteiger partial charge in [-0.25, -0.2) is 0 Å². The first-order valence-corrected chi connectivity index (χ1v) is 5.38. The first-order valence-electron chi connectivity index (χ1n) is 5.38. The average Bonchev–Trinajstić information content (AvgIpc) is 2.38. The number of nitriles is 2. The molecule has 1 atom stereocenters. The van der Waals surface area contributed by atoms with Gasteiger partial charge in [-0.05, 0) is 19.1 Å². The molecule has 1 amide bonds. The third-order valence-corrected chi connectivity index (χ3v) is 2.34. The SMILES string of the molecule is CC(Oc1ccccc1C#N)C(=O)N(C)CC#N. The van der Waals surface area contributed by atoms with E-state index in [0.717, 1.165) is 0 Å². The lowest BCUT2D eigenvalue weighted by Crippen LogP contribution is -2.38. The summed E-state index contributed by atoms with van der Waals surface area (Å²) in [4.78, 5) is 13.1. The summed E-state index contributed by atoms with van der Waals surface area (Å²) in [5, 5.41) is 17.4. The fourth-order valence-electron chi connectivity index (χ4n) is 1.40. The average molecular weight is 243 g/mol. The minimum Gasteiger partial charge on any atom is -0.480 e. The highest BCUT2D eigenvalue weighted by Crippen LogP contribution is 2.18. The van der Waals surface area contributed by atoms with Crippen LogP contribution >= 0.6 is 0 Å². The van der Waals surface area contributed by atoms with Gasteiger partial charge in [0, 0.05) is 7.05 Å². The Morgan fingerprint density at radius 1 is 1.44 bits per heavy atom. The second-order valence-electron chi connectivity index (χ2n) is 3.72. The summed E-state index contributed by atoms with van der Waals surface area (Å²) in [7, 11) is 1.53. The van der Waals surface area contributed by atoms with E-state index in [1.165, 1.54) is 11.9 Å². The molecule has 0 aliphatic heterocycles. The molecule has 1 aromatic rings. The predicted molar refractivity (Wildman–Crippen MR) is 64.5 cm³/mol. The second-order valence-corrected chi connectivity index (χ2v) is 3.72. The summed E-state index contributed by atoms with van der Waals surface area (Å²) >= 11 is 0. The van der Waals surface area contributed by atoms with Crippen LogP contribution in [0.25, 0.3) is 0 Å². The van der Waals surface area contributed by atoms with Crippen LogP contribution in [0.15, 0.2) is 24.3 Å². The highest BCUT2D eigenvalue weighted by molar-refractivity contribution is 5.80. The lowest BCUT2D eigenvalue weighted by Gasteiger charge is -2.20. The third-order valence-electron chi connectivity index (χ3n) is 2.34. The topological polar surface area (TPSA) is 77.1 Å². The molecule has 1 rings (SSSR count). The van der Waals surface area contributed by atoms with Gasteiger partial charge in [-0.3, -0.25) is 4.79 Å². The van der Waals surface area contributed by atoms with Gasteiger partial charge in [0.25, 0.3) is 5.91 Å². The normalized spacial score (nSPS) is 10.9. The van der Waals surface area contributed by atoms with Gasteiger partial charge in [-0.1, -0.05) is 12.1 Å². The van der Waals surface area contributed by atoms with Gasteiger partial charge in [0.1, 0.15) is 18.4 Å². The van der Waals surface area contributed by atoms with Crippen LogP contribution in [0.1, 0.15) is 12.5 Å². The molecule has 0 bridgehead atoms. The molecule has 92 valence electrons. The molecule has 5 heteroatoms. The molecule has 1 unspecified atom stereocenters. The second kappa shape index (κ2) is 6.27. The molecule has 0 radical (unpaired) electrons. The van der Waals surface area contributed by atoms with Crippen LogP contribution in [0, 0.1) is 22.7 Å². The number of ether oxygens (including phenoxy) is 1. The largest absolute Gasteiger partial charge is 0.480 e. The van der Waals surface area contributed by atoms with E-state index in [1.54, 1.807) is 31.2 Å². The van der Waals surface area contributed by atoms with E-state index in [-0.39, 0.29) is 12.5 Å². The van der Waals surface area contributed by atoms with E-state index in [1.807, 2.05) is 12.1 Å². The summed E-state index contributed by atoms with van der Waals surface area (Å²) in [5.74, 6) is 0.0653. The molecule has 0 saturated carbocycles. The smallest absolute Gasteiger partial charge is 0.263 e. The third kappa shape index (κ3) is 3.23. The quantitative estimate of drug-likeness (QED) is 0.747. The minimum absolute atomic E-state index is 0.00638. The number of likely N-dealkylation sites (N-methyl/N-ethyl adjacent to an activating group) is 1. The van der Waals surface area contributed by atoms with Gasteiger partial charge in [-0.2, -0.15) is 10.5 Å². The van der Waals surface area contributed by atoms with Crippen molar-refractivity contribution in [3.05, 3.63) is 29.8 Å². The highest BCUT2D eigenvalue weighted by atomic mass is 16.5. The number of rotatable bonds is 4. The highest BCUT2D eigenvalue weighted by Gasteiger charge is 2.19. The molecule has 5 nitrogen and oxygen atoms in total. The fraction of sp³-hybridized carbons (Fsp3) is 0.308. The van der Waals surface area contributed by atoms with Crippen LogP contribution < -0.4 is 4.74 Å². The Balaban J connectivity index is 2.76. The van der Waals surface area contributed by atoms with Crippen molar-refractivity contribution in [1.82, 2.24) is 4.90 Å². The maximum Gasteiger partial charge on any atom is 0.263 e. The van der Waals surface area contributed by atoms with Crippen LogP contribution in [0.3, 0.4) is 0 Å². The van der Waals surface area contributed by atoms with Crippen LogP contribution in [-0.4, -0.2) is 30.5 Å². The Hall–Kier alpha value is -2.53. The van der Waals surface area contributed by atoms with Crippen molar-refractivity contribution in [3.63, 3.8) is 0 Å². The van der Waals surface area contributed by atoms with Crippen LogP contribution in [0.5, 0.6) is 5.75 Å². The van der Waals surface area contributed by atoms with Crippen LogP contribution in [0.2, 0.25) is 0 Å². The molecule has 0 saturated heterocycles. The molecule has 0 N–H and O–H groups in total. The van der Waals surface area contributed by atoms with Gasteiger partial charge >= 0.3 is 0 Å². The number of carbonyl (C=O) groups is 1. The summed E-state index contributed by atoms with van der Waals surface area (Å²) in [6, 6.07) is 10.6. The number of nitrogens with zero attached hydrogens (tertiary/aromatic N) is 3. The maximum absolute atomic E-state index is 11.8. The molecule has 18 heavy (non-hydrogen) atoms. The van der Waals surface area contributed by atoms with E-state index < -0.39 is 6.10 Å².